The van der Waals surface area contributed by atoms with Gasteiger partial charge in [0.25, 0.3) is 0 Å². The topological polar surface area (TPSA) is 59.1 Å². The summed E-state index contributed by atoms with van der Waals surface area (Å²) in [4.78, 5) is 4.03. The molecule has 0 bridgehead atoms. The van der Waals surface area contributed by atoms with E-state index in [1.54, 1.807) is 19.3 Å². The third-order valence-corrected chi connectivity index (χ3v) is 4.08. The predicted molar refractivity (Wildman–Crippen MR) is 67.6 cm³/mol. The molecule has 0 spiro atoms. The molecule has 1 aromatic rings. The van der Waals surface area contributed by atoms with Crippen molar-refractivity contribution in [3.8, 4) is 0 Å². The number of hydrogen-bond acceptors (Lipinski definition) is 3. The van der Waals surface area contributed by atoms with Gasteiger partial charge in [-0.3, -0.25) is 4.98 Å². The zero-order chi connectivity index (χ0) is 12.2. The van der Waals surface area contributed by atoms with Gasteiger partial charge in [0.15, 0.2) is 0 Å². The second-order valence-electron chi connectivity index (χ2n) is 3.42. The van der Waals surface area contributed by atoms with Gasteiger partial charge in [-0.25, -0.2) is 13.1 Å². The number of nitrogens with one attached hydrogen (secondary N) is 1. The Kier molecular flexibility index (Phi) is 4.89. The van der Waals surface area contributed by atoms with Crippen LogP contribution < -0.4 is 4.72 Å². The SMILES string of the molecule is CCC(NS(=O)(=O)CC)c1cncc(Br)c1. The van der Waals surface area contributed by atoms with Crippen molar-refractivity contribution < 1.29 is 8.42 Å². The summed E-state index contributed by atoms with van der Waals surface area (Å²) >= 11 is 3.32. The third-order valence-electron chi connectivity index (χ3n) is 2.24. The first-order valence-corrected chi connectivity index (χ1v) is 7.53. The van der Waals surface area contributed by atoms with E-state index in [0.717, 1.165) is 10.0 Å². The molecule has 0 amide bonds. The lowest BCUT2D eigenvalue weighted by Gasteiger charge is -2.16. The van der Waals surface area contributed by atoms with E-state index in [4.69, 9.17) is 0 Å². The number of sulfonamides is 1. The van der Waals surface area contributed by atoms with Crippen LogP contribution in [0.15, 0.2) is 22.9 Å². The zero-order valence-corrected chi connectivity index (χ0v) is 11.7. The summed E-state index contributed by atoms with van der Waals surface area (Å²) in [6, 6.07) is 1.66. The van der Waals surface area contributed by atoms with E-state index in [9.17, 15) is 8.42 Å². The minimum absolute atomic E-state index is 0.0882. The van der Waals surface area contributed by atoms with E-state index >= 15 is 0 Å². The normalized spacial score (nSPS) is 13.7. The Morgan fingerprint density at radius 3 is 2.62 bits per heavy atom. The van der Waals surface area contributed by atoms with Crippen LogP contribution in [0.2, 0.25) is 0 Å². The Morgan fingerprint density at radius 1 is 1.44 bits per heavy atom. The van der Waals surface area contributed by atoms with Crippen molar-refractivity contribution in [1.82, 2.24) is 9.71 Å². The van der Waals surface area contributed by atoms with Crippen LogP contribution in [-0.2, 0) is 10.0 Å². The van der Waals surface area contributed by atoms with Gasteiger partial charge >= 0.3 is 0 Å². The molecule has 0 saturated carbocycles. The highest BCUT2D eigenvalue weighted by atomic mass is 79.9. The van der Waals surface area contributed by atoms with Gasteiger partial charge < -0.3 is 0 Å². The number of rotatable bonds is 5. The Hall–Kier alpha value is -0.460. The zero-order valence-electron chi connectivity index (χ0n) is 9.27. The fourth-order valence-corrected chi connectivity index (χ4v) is 2.59. The van der Waals surface area contributed by atoms with Crippen molar-refractivity contribution in [3.05, 3.63) is 28.5 Å². The second-order valence-corrected chi connectivity index (χ2v) is 6.38. The molecule has 0 aromatic carbocycles. The van der Waals surface area contributed by atoms with Crippen molar-refractivity contribution in [2.45, 2.75) is 26.3 Å². The first-order chi connectivity index (χ1) is 7.48. The van der Waals surface area contributed by atoms with Crippen LogP contribution in [0.4, 0.5) is 0 Å². The first kappa shape index (κ1) is 13.6. The lowest BCUT2D eigenvalue weighted by atomic mass is 10.1. The highest BCUT2D eigenvalue weighted by Gasteiger charge is 2.16. The van der Waals surface area contributed by atoms with E-state index < -0.39 is 10.0 Å². The van der Waals surface area contributed by atoms with E-state index in [1.807, 2.05) is 13.0 Å². The molecular formula is C10H15BrN2O2S. The second kappa shape index (κ2) is 5.75. The summed E-state index contributed by atoms with van der Waals surface area (Å²) in [5.74, 6) is 0.0882. The maximum atomic E-state index is 11.5. The molecule has 0 aliphatic heterocycles. The fraction of sp³-hybridized carbons (Fsp3) is 0.500. The fourth-order valence-electron chi connectivity index (χ4n) is 1.31. The monoisotopic (exact) mass is 306 g/mol. The molecule has 90 valence electrons. The average molecular weight is 307 g/mol. The molecule has 0 radical (unpaired) electrons. The Bertz CT molecular complexity index is 448. The molecule has 1 N–H and O–H groups in total. The molecule has 0 aliphatic carbocycles. The van der Waals surface area contributed by atoms with Crippen LogP contribution >= 0.6 is 15.9 Å². The summed E-state index contributed by atoms with van der Waals surface area (Å²) in [5, 5.41) is 0. The van der Waals surface area contributed by atoms with Crippen LogP contribution in [0.1, 0.15) is 31.9 Å². The standard InChI is InChI=1S/C10H15BrN2O2S/c1-3-10(13-16(14,15)4-2)8-5-9(11)7-12-6-8/h5-7,10,13H,3-4H2,1-2H3. The van der Waals surface area contributed by atoms with Gasteiger partial charge in [-0.1, -0.05) is 6.92 Å². The Morgan fingerprint density at radius 2 is 2.12 bits per heavy atom. The number of hydrogen-bond donors (Lipinski definition) is 1. The number of pyridine rings is 1. The van der Waals surface area contributed by atoms with Gasteiger partial charge in [0, 0.05) is 22.9 Å². The summed E-state index contributed by atoms with van der Waals surface area (Å²) in [5.41, 5.74) is 0.869. The number of nitrogens with zero attached hydrogens (tertiary/aromatic N) is 1. The molecule has 1 aromatic heterocycles. The quantitative estimate of drug-likeness (QED) is 0.907. The van der Waals surface area contributed by atoms with Gasteiger partial charge in [0.1, 0.15) is 0 Å². The molecule has 0 fully saturated rings. The van der Waals surface area contributed by atoms with Gasteiger partial charge in [0.2, 0.25) is 10.0 Å². The van der Waals surface area contributed by atoms with E-state index in [0.29, 0.717) is 6.42 Å². The van der Waals surface area contributed by atoms with Gasteiger partial charge in [-0.15, -0.1) is 0 Å². The maximum Gasteiger partial charge on any atom is 0.211 e. The van der Waals surface area contributed by atoms with E-state index in [-0.39, 0.29) is 11.8 Å². The van der Waals surface area contributed by atoms with Crippen LogP contribution in [0.25, 0.3) is 0 Å². The van der Waals surface area contributed by atoms with Crippen LogP contribution in [0, 0.1) is 0 Å². The smallest absolute Gasteiger partial charge is 0.211 e. The Balaban J connectivity index is 2.91. The molecule has 1 unspecified atom stereocenters. The minimum atomic E-state index is -3.18. The lowest BCUT2D eigenvalue weighted by Crippen LogP contribution is -2.29. The average Bonchev–Trinajstić information content (AvgIpc) is 2.26. The largest absolute Gasteiger partial charge is 0.263 e. The summed E-state index contributed by atoms with van der Waals surface area (Å²) in [7, 11) is -3.18. The molecule has 1 atom stereocenters. The summed E-state index contributed by atoms with van der Waals surface area (Å²) in [6.45, 7) is 3.55. The molecule has 4 nitrogen and oxygen atoms in total. The molecule has 1 rings (SSSR count). The van der Waals surface area contributed by atoms with E-state index in [2.05, 4.69) is 25.6 Å². The van der Waals surface area contributed by atoms with E-state index in [1.165, 1.54) is 0 Å². The number of aromatic nitrogens is 1. The highest BCUT2D eigenvalue weighted by Crippen LogP contribution is 2.20. The van der Waals surface area contributed by atoms with Gasteiger partial charge in [0.05, 0.1) is 5.75 Å². The maximum absolute atomic E-state index is 11.5. The minimum Gasteiger partial charge on any atom is -0.263 e. The third kappa shape index (κ3) is 3.84. The summed E-state index contributed by atoms with van der Waals surface area (Å²) < 4.78 is 26.5. The van der Waals surface area contributed by atoms with Crippen molar-refractivity contribution >= 4 is 26.0 Å². The van der Waals surface area contributed by atoms with Crippen LogP contribution in [0.5, 0.6) is 0 Å². The lowest BCUT2D eigenvalue weighted by molar-refractivity contribution is 0.550. The molecule has 6 heteroatoms. The summed E-state index contributed by atoms with van der Waals surface area (Å²) in [6.07, 6.45) is 4.04. The van der Waals surface area contributed by atoms with Crippen molar-refractivity contribution in [1.29, 1.82) is 0 Å². The highest BCUT2D eigenvalue weighted by molar-refractivity contribution is 9.10. The molecule has 0 saturated heterocycles. The predicted octanol–water partition coefficient (Wildman–Crippen LogP) is 2.23. The van der Waals surface area contributed by atoms with Gasteiger partial charge in [-0.2, -0.15) is 0 Å². The number of halogens is 1. The van der Waals surface area contributed by atoms with Gasteiger partial charge in [-0.05, 0) is 40.9 Å². The van der Waals surface area contributed by atoms with Crippen molar-refractivity contribution in [2.24, 2.45) is 0 Å². The first-order valence-electron chi connectivity index (χ1n) is 5.09. The van der Waals surface area contributed by atoms with Crippen molar-refractivity contribution in [3.63, 3.8) is 0 Å². The van der Waals surface area contributed by atoms with Crippen LogP contribution in [-0.4, -0.2) is 19.2 Å². The Labute approximate surface area is 105 Å². The molecule has 0 aliphatic rings. The molecular weight excluding hydrogens is 292 g/mol. The molecule has 1 heterocycles. The van der Waals surface area contributed by atoms with Crippen molar-refractivity contribution in [2.75, 3.05) is 5.75 Å². The van der Waals surface area contributed by atoms with Crippen LogP contribution in [0.3, 0.4) is 0 Å². The molecule has 16 heavy (non-hydrogen) atoms.